The van der Waals surface area contributed by atoms with Crippen LogP contribution in [0.5, 0.6) is 0 Å². The summed E-state index contributed by atoms with van der Waals surface area (Å²) in [6, 6.07) is 3.85. The zero-order valence-electron chi connectivity index (χ0n) is 13.3. The van der Waals surface area contributed by atoms with Crippen molar-refractivity contribution in [2.24, 2.45) is 5.73 Å². The highest BCUT2D eigenvalue weighted by Gasteiger charge is 2.27. The van der Waals surface area contributed by atoms with Crippen LogP contribution in [0.1, 0.15) is 50.3 Å². The van der Waals surface area contributed by atoms with Gasteiger partial charge >= 0.3 is 0 Å². The number of primary amides is 1. The molecule has 1 aliphatic rings. The fourth-order valence-electron chi connectivity index (χ4n) is 3.09. The number of rotatable bonds is 3. The van der Waals surface area contributed by atoms with Gasteiger partial charge in [-0.2, -0.15) is 5.10 Å². The van der Waals surface area contributed by atoms with E-state index in [1.807, 2.05) is 23.4 Å². The molecule has 0 radical (unpaired) electrons. The zero-order chi connectivity index (χ0) is 16.6. The molecule has 2 aromatic rings. The third-order valence-corrected chi connectivity index (χ3v) is 5.09. The van der Waals surface area contributed by atoms with Crippen LogP contribution in [-0.2, 0) is 0 Å². The lowest BCUT2D eigenvalue weighted by atomic mass is 10.1. The molecule has 1 saturated heterocycles. The second kappa shape index (κ2) is 6.16. The monoisotopic (exact) mass is 332 g/mol. The second-order valence-electron chi connectivity index (χ2n) is 5.98. The number of likely N-dealkylation sites (tertiary alicyclic amines) is 1. The maximum atomic E-state index is 12.7. The van der Waals surface area contributed by atoms with Crippen molar-refractivity contribution in [1.29, 1.82) is 0 Å². The molecule has 0 unspecified atom stereocenters. The maximum absolute atomic E-state index is 12.7. The van der Waals surface area contributed by atoms with Gasteiger partial charge in [0.05, 0.1) is 22.2 Å². The molecular weight excluding hydrogens is 312 g/mol. The first kappa shape index (κ1) is 15.7. The lowest BCUT2D eigenvalue weighted by Gasteiger charge is -2.33. The van der Waals surface area contributed by atoms with Crippen molar-refractivity contribution in [2.75, 3.05) is 13.1 Å². The highest BCUT2D eigenvalue weighted by Crippen LogP contribution is 2.25. The van der Waals surface area contributed by atoms with Crippen LogP contribution in [0.25, 0.3) is 0 Å². The van der Waals surface area contributed by atoms with Gasteiger partial charge in [0, 0.05) is 24.2 Å². The van der Waals surface area contributed by atoms with Crippen molar-refractivity contribution in [3.05, 3.63) is 39.3 Å². The van der Waals surface area contributed by atoms with Crippen LogP contribution in [0.2, 0.25) is 0 Å². The van der Waals surface area contributed by atoms with Gasteiger partial charge in [-0.3, -0.25) is 14.3 Å². The Morgan fingerprint density at radius 2 is 2.13 bits per heavy atom. The van der Waals surface area contributed by atoms with Crippen molar-refractivity contribution in [2.45, 2.75) is 32.7 Å². The largest absolute Gasteiger partial charge is 0.366 e. The van der Waals surface area contributed by atoms with Crippen molar-refractivity contribution < 1.29 is 9.59 Å². The summed E-state index contributed by atoms with van der Waals surface area (Å²) in [7, 11) is 0. The summed E-state index contributed by atoms with van der Waals surface area (Å²) in [4.78, 5) is 26.3. The van der Waals surface area contributed by atoms with Crippen LogP contribution in [-0.4, -0.2) is 39.6 Å². The van der Waals surface area contributed by atoms with E-state index >= 15 is 0 Å². The zero-order valence-corrected chi connectivity index (χ0v) is 14.1. The molecule has 0 bridgehead atoms. The molecule has 0 aliphatic carbocycles. The number of carbonyl (C=O) groups excluding carboxylic acids is 2. The molecule has 122 valence electrons. The topological polar surface area (TPSA) is 81.2 Å². The predicted octanol–water partition coefficient (Wildman–Crippen LogP) is 2.14. The number of aromatic nitrogens is 2. The molecular formula is C16H20N4O2S. The van der Waals surface area contributed by atoms with Gasteiger partial charge in [0.1, 0.15) is 0 Å². The van der Waals surface area contributed by atoms with Gasteiger partial charge in [0.25, 0.3) is 5.91 Å². The van der Waals surface area contributed by atoms with Crippen LogP contribution >= 0.6 is 11.3 Å². The van der Waals surface area contributed by atoms with E-state index in [4.69, 9.17) is 5.73 Å². The molecule has 0 saturated carbocycles. The number of hydrogen-bond acceptors (Lipinski definition) is 4. The highest BCUT2D eigenvalue weighted by atomic mass is 32.1. The molecule has 3 rings (SSSR count). The molecule has 0 aromatic carbocycles. The van der Waals surface area contributed by atoms with E-state index in [-0.39, 0.29) is 11.9 Å². The molecule has 3 heterocycles. The molecule has 7 heteroatoms. The number of nitrogens with zero attached hydrogens (tertiary/aromatic N) is 3. The van der Waals surface area contributed by atoms with Gasteiger partial charge in [-0.25, -0.2) is 0 Å². The van der Waals surface area contributed by atoms with Gasteiger partial charge < -0.3 is 10.6 Å². The first-order chi connectivity index (χ1) is 11.0. The number of hydrogen-bond donors (Lipinski definition) is 1. The Bertz CT molecular complexity index is 749. The number of amides is 2. The summed E-state index contributed by atoms with van der Waals surface area (Å²) in [5.74, 6) is -0.534. The van der Waals surface area contributed by atoms with Crippen LogP contribution in [0.3, 0.4) is 0 Å². The average Bonchev–Trinajstić information content (AvgIpc) is 3.13. The minimum atomic E-state index is -0.500. The lowest BCUT2D eigenvalue weighted by Crippen LogP contribution is -2.40. The third-order valence-electron chi connectivity index (χ3n) is 4.17. The first-order valence-electron chi connectivity index (χ1n) is 7.66. The Morgan fingerprint density at radius 1 is 1.35 bits per heavy atom. The van der Waals surface area contributed by atoms with E-state index < -0.39 is 5.91 Å². The summed E-state index contributed by atoms with van der Waals surface area (Å²) >= 11 is 1.27. The molecule has 1 aliphatic heterocycles. The normalized spacial score (nSPS) is 18.2. The summed E-state index contributed by atoms with van der Waals surface area (Å²) in [5.41, 5.74) is 7.76. The van der Waals surface area contributed by atoms with Gasteiger partial charge in [0.15, 0.2) is 0 Å². The van der Waals surface area contributed by atoms with Crippen molar-refractivity contribution in [3.8, 4) is 0 Å². The Labute approximate surface area is 138 Å². The number of aryl methyl sites for hydroxylation is 2. The van der Waals surface area contributed by atoms with E-state index in [9.17, 15) is 9.59 Å². The average molecular weight is 332 g/mol. The lowest BCUT2D eigenvalue weighted by molar-refractivity contribution is 0.0676. The van der Waals surface area contributed by atoms with Crippen LogP contribution in [0, 0.1) is 13.8 Å². The molecule has 1 atom stereocenters. The van der Waals surface area contributed by atoms with Crippen molar-refractivity contribution >= 4 is 23.2 Å². The van der Waals surface area contributed by atoms with Crippen molar-refractivity contribution in [1.82, 2.24) is 14.7 Å². The Kier molecular flexibility index (Phi) is 4.21. The molecule has 2 aromatic heterocycles. The Balaban J connectivity index is 1.76. The van der Waals surface area contributed by atoms with Gasteiger partial charge in [-0.1, -0.05) is 0 Å². The number of carbonyl (C=O) groups is 2. The predicted molar refractivity (Wildman–Crippen MR) is 88.7 cm³/mol. The van der Waals surface area contributed by atoms with Crippen molar-refractivity contribution in [3.63, 3.8) is 0 Å². The van der Waals surface area contributed by atoms with E-state index in [1.54, 1.807) is 11.4 Å². The summed E-state index contributed by atoms with van der Waals surface area (Å²) < 4.78 is 2.03. The molecule has 23 heavy (non-hydrogen) atoms. The summed E-state index contributed by atoms with van der Waals surface area (Å²) in [6.07, 6.45) is 1.96. The van der Waals surface area contributed by atoms with E-state index in [2.05, 4.69) is 11.2 Å². The molecule has 2 amide bonds. The Morgan fingerprint density at radius 3 is 2.74 bits per heavy atom. The van der Waals surface area contributed by atoms with Gasteiger partial charge in [-0.05, 0) is 38.8 Å². The van der Waals surface area contributed by atoms with Crippen LogP contribution in [0.4, 0.5) is 0 Å². The van der Waals surface area contributed by atoms with Crippen LogP contribution < -0.4 is 5.73 Å². The Hall–Kier alpha value is -2.15. The SMILES string of the molecule is Cc1cc(C)n([C@H]2CCCN(C(=O)c3cc(C(N)=O)cs3)C2)n1. The summed E-state index contributed by atoms with van der Waals surface area (Å²) in [5, 5.41) is 6.18. The minimum Gasteiger partial charge on any atom is -0.366 e. The third kappa shape index (κ3) is 3.14. The molecule has 6 nitrogen and oxygen atoms in total. The smallest absolute Gasteiger partial charge is 0.264 e. The highest BCUT2D eigenvalue weighted by molar-refractivity contribution is 7.12. The molecule has 0 spiro atoms. The first-order valence-corrected chi connectivity index (χ1v) is 8.54. The second-order valence-corrected chi connectivity index (χ2v) is 6.89. The standard InChI is InChI=1S/C16H20N4O2S/c1-10-6-11(2)20(18-10)13-4-3-5-19(8-13)16(22)14-7-12(9-23-14)15(17)21/h6-7,9,13H,3-5,8H2,1-2H3,(H2,17,21)/t13-/m0/s1. The number of thiophene rings is 1. The van der Waals surface area contributed by atoms with Gasteiger partial charge in [-0.15, -0.1) is 11.3 Å². The maximum Gasteiger partial charge on any atom is 0.264 e. The quantitative estimate of drug-likeness (QED) is 0.935. The van der Waals surface area contributed by atoms with E-state index in [0.717, 1.165) is 30.8 Å². The van der Waals surface area contributed by atoms with E-state index in [0.29, 0.717) is 17.0 Å². The molecule has 2 N–H and O–H groups in total. The van der Waals surface area contributed by atoms with Gasteiger partial charge in [0.2, 0.25) is 5.91 Å². The number of piperidine rings is 1. The fourth-order valence-corrected chi connectivity index (χ4v) is 3.95. The van der Waals surface area contributed by atoms with Crippen LogP contribution in [0.15, 0.2) is 17.5 Å². The molecule has 1 fully saturated rings. The van der Waals surface area contributed by atoms with E-state index in [1.165, 1.54) is 11.3 Å². The summed E-state index contributed by atoms with van der Waals surface area (Å²) in [6.45, 7) is 5.40. The number of nitrogens with two attached hydrogens (primary N) is 1. The fraction of sp³-hybridized carbons (Fsp3) is 0.438. The minimum absolute atomic E-state index is 0.0336.